The molecule has 0 bridgehead atoms. The molecule has 0 atom stereocenters. The quantitative estimate of drug-likeness (QED) is 0.618. The average molecular weight is 463 g/mol. The largest absolute Gasteiger partial charge is 0.320 e. The fraction of sp³-hybridized carbons (Fsp3) is 0.250. The van der Waals surface area contributed by atoms with Gasteiger partial charge in [0.25, 0.3) is 5.91 Å². The molecular weight excluding hydrogens is 444 g/mol. The number of carbonyl (C=O) groups is 1. The molecule has 30 heavy (non-hydrogen) atoms. The molecule has 2 aromatic carbocycles. The number of nitrogens with zero attached hydrogens (tertiary/aromatic N) is 3. The highest BCUT2D eigenvalue weighted by atomic mass is 35.5. The minimum Gasteiger partial charge on any atom is -0.320 e. The molecule has 1 aliphatic heterocycles. The number of para-hydroxylation sites is 1. The second-order valence-electron chi connectivity index (χ2n) is 6.90. The summed E-state index contributed by atoms with van der Waals surface area (Å²) in [4.78, 5) is 12.6. The van der Waals surface area contributed by atoms with E-state index in [9.17, 15) is 13.2 Å². The molecule has 4 rings (SSSR count). The number of piperidine rings is 1. The Balaban J connectivity index is 1.39. The zero-order valence-corrected chi connectivity index (χ0v) is 18.3. The van der Waals surface area contributed by atoms with Crippen molar-refractivity contribution in [2.24, 2.45) is 0 Å². The third-order valence-corrected chi connectivity index (χ3v) is 8.17. The summed E-state index contributed by atoms with van der Waals surface area (Å²) in [5.74, 6) is -0.217. The number of rotatable bonds is 5. The van der Waals surface area contributed by atoms with Crippen molar-refractivity contribution < 1.29 is 13.2 Å². The standard InChI is InChI=1S/C20H19ClN4O3S2/c21-15-6-8-17(9-7-15)30(27,28)25-12-10-14(11-13-25)19-23-24-20(29-19)18(26)22-16-4-2-1-3-5-16/h1-9,14H,10-13H2,(H,22,26). The lowest BCUT2D eigenvalue weighted by Crippen LogP contribution is -2.37. The Hall–Kier alpha value is -2.33. The van der Waals surface area contributed by atoms with Crippen molar-refractivity contribution in [3.63, 3.8) is 0 Å². The highest BCUT2D eigenvalue weighted by Crippen LogP contribution is 2.32. The van der Waals surface area contributed by atoms with Crippen LogP contribution in [-0.4, -0.2) is 41.9 Å². The van der Waals surface area contributed by atoms with Crippen molar-refractivity contribution in [1.29, 1.82) is 0 Å². The van der Waals surface area contributed by atoms with E-state index in [2.05, 4.69) is 15.5 Å². The van der Waals surface area contributed by atoms with Gasteiger partial charge < -0.3 is 5.32 Å². The summed E-state index contributed by atoms with van der Waals surface area (Å²) in [5.41, 5.74) is 0.694. The molecule has 7 nitrogen and oxygen atoms in total. The van der Waals surface area contributed by atoms with Crippen molar-refractivity contribution in [2.45, 2.75) is 23.7 Å². The van der Waals surface area contributed by atoms with E-state index in [4.69, 9.17) is 11.6 Å². The summed E-state index contributed by atoms with van der Waals surface area (Å²) in [6.07, 6.45) is 1.25. The summed E-state index contributed by atoms with van der Waals surface area (Å²) in [6.45, 7) is 0.779. The van der Waals surface area contributed by atoms with Gasteiger partial charge in [-0.3, -0.25) is 4.79 Å². The zero-order chi connectivity index (χ0) is 21.1. The molecule has 2 heterocycles. The first-order valence-corrected chi connectivity index (χ1v) is 12.0. The Labute approximate surface area is 183 Å². The van der Waals surface area contributed by atoms with Gasteiger partial charge in [0.1, 0.15) is 5.01 Å². The number of amides is 1. The normalized spacial score (nSPS) is 15.8. The van der Waals surface area contributed by atoms with E-state index in [1.165, 1.54) is 27.8 Å². The van der Waals surface area contributed by atoms with Gasteiger partial charge in [-0.1, -0.05) is 41.1 Å². The Morgan fingerprint density at radius 2 is 1.70 bits per heavy atom. The van der Waals surface area contributed by atoms with Gasteiger partial charge in [-0.05, 0) is 49.2 Å². The second kappa shape index (κ2) is 8.81. The van der Waals surface area contributed by atoms with Gasteiger partial charge >= 0.3 is 0 Å². The lowest BCUT2D eigenvalue weighted by atomic mass is 9.99. The van der Waals surface area contributed by atoms with Crippen LogP contribution in [0.25, 0.3) is 0 Å². The van der Waals surface area contributed by atoms with Crippen molar-refractivity contribution in [2.75, 3.05) is 18.4 Å². The SMILES string of the molecule is O=C(Nc1ccccc1)c1nnc(C2CCN(S(=O)(=O)c3ccc(Cl)cc3)CC2)s1. The van der Waals surface area contributed by atoms with Crippen molar-refractivity contribution in [3.8, 4) is 0 Å². The van der Waals surface area contributed by atoms with Gasteiger partial charge in [-0.2, -0.15) is 4.31 Å². The maximum absolute atomic E-state index is 12.8. The molecular formula is C20H19ClN4O3S2. The summed E-state index contributed by atoms with van der Waals surface area (Å²) in [7, 11) is -3.55. The fourth-order valence-corrected chi connectivity index (χ4v) is 5.80. The average Bonchev–Trinajstić information content (AvgIpc) is 3.25. The predicted octanol–water partition coefficient (Wildman–Crippen LogP) is 4.01. The molecule has 1 aromatic heterocycles. The van der Waals surface area contributed by atoms with Crippen LogP contribution in [0, 0.1) is 0 Å². The van der Waals surface area contributed by atoms with Crippen molar-refractivity contribution in [3.05, 3.63) is 69.6 Å². The summed E-state index contributed by atoms with van der Waals surface area (Å²) in [5, 5.41) is 12.6. The van der Waals surface area contributed by atoms with Crippen LogP contribution < -0.4 is 5.32 Å². The molecule has 1 aliphatic rings. The van der Waals surface area contributed by atoms with E-state index in [-0.39, 0.29) is 16.7 Å². The molecule has 1 amide bonds. The maximum atomic E-state index is 12.8. The van der Waals surface area contributed by atoms with Crippen LogP contribution in [0.4, 0.5) is 5.69 Å². The van der Waals surface area contributed by atoms with Crippen LogP contribution in [-0.2, 0) is 10.0 Å². The molecule has 1 saturated heterocycles. The lowest BCUT2D eigenvalue weighted by molar-refractivity contribution is 0.102. The number of sulfonamides is 1. The van der Waals surface area contributed by atoms with Gasteiger partial charge in [0.2, 0.25) is 15.0 Å². The second-order valence-corrected chi connectivity index (χ2v) is 10.3. The van der Waals surface area contributed by atoms with Crippen LogP contribution >= 0.6 is 22.9 Å². The van der Waals surface area contributed by atoms with Crippen LogP contribution in [0.5, 0.6) is 0 Å². The van der Waals surface area contributed by atoms with Crippen LogP contribution in [0.3, 0.4) is 0 Å². The molecule has 3 aromatic rings. The number of hydrogen-bond donors (Lipinski definition) is 1. The van der Waals surface area contributed by atoms with Gasteiger partial charge in [-0.25, -0.2) is 8.42 Å². The summed E-state index contributed by atoms with van der Waals surface area (Å²) < 4.78 is 27.1. The first kappa shape index (κ1) is 20.9. The first-order valence-electron chi connectivity index (χ1n) is 9.39. The Morgan fingerprint density at radius 3 is 2.37 bits per heavy atom. The fourth-order valence-electron chi connectivity index (χ4n) is 3.30. The molecule has 10 heteroatoms. The Morgan fingerprint density at radius 1 is 1.03 bits per heavy atom. The van der Waals surface area contributed by atoms with Gasteiger partial charge in [0.05, 0.1) is 4.90 Å². The molecule has 0 aliphatic carbocycles. The molecule has 1 fully saturated rings. The number of hydrogen-bond acceptors (Lipinski definition) is 6. The van der Waals surface area contributed by atoms with Crippen LogP contribution in [0.1, 0.15) is 33.6 Å². The van der Waals surface area contributed by atoms with Crippen molar-refractivity contribution in [1.82, 2.24) is 14.5 Å². The van der Waals surface area contributed by atoms with E-state index in [1.807, 2.05) is 18.2 Å². The van der Waals surface area contributed by atoms with E-state index in [0.717, 1.165) is 5.01 Å². The van der Waals surface area contributed by atoms with Gasteiger partial charge in [0.15, 0.2) is 0 Å². The third-order valence-electron chi connectivity index (χ3n) is 4.92. The highest BCUT2D eigenvalue weighted by molar-refractivity contribution is 7.89. The smallest absolute Gasteiger partial charge is 0.286 e. The molecule has 156 valence electrons. The number of nitrogens with one attached hydrogen (secondary N) is 1. The van der Waals surface area contributed by atoms with E-state index < -0.39 is 10.0 Å². The molecule has 0 radical (unpaired) electrons. The monoisotopic (exact) mass is 462 g/mol. The maximum Gasteiger partial charge on any atom is 0.286 e. The Bertz CT molecular complexity index is 1130. The number of carbonyl (C=O) groups excluding carboxylic acids is 1. The first-order chi connectivity index (χ1) is 14.4. The zero-order valence-electron chi connectivity index (χ0n) is 15.9. The number of anilines is 1. The highest BCUT2D eigenvalue weighted by Gasteiger charge is 2.31. The van der Waals surface area contributed by atoms with Crippen LogP contribution in [0.15, 0.2) is 59.5 Å². The lowest BCUT2D eigenvalue weighted by Gasteiger charge is -2.30. The van der Waals surface area contributed by atoms with Crippen molar-refractivity contribution >= 4 is 44.6 Å². The number of benzene rings is 2. The number of aromatic nitrogens is 2. The summed E-state index contributed by atoms with van der Waals surface area (Å²) in [6, 6.07) is 15.3. The predicted molar refractivity (Wildman–Crippen MR) is 116 cm³/mol. The van der Waals surface area contributed by atoms with E-state index in [0.29, 0.717) is 41.6 Å². The molecule has 0 saturated carbocycles. The number of halogens is 1. The van der Waals surface area contributed by atoms with E-state index in [1.54, 1.807) is 24.3 Å². The molecule has 0 spiro atoms. The topological polar surface area (TPSA) is 92.3 Å². The Kier molecular flexibility index (Phi) is 6.14. The van der Waals surface area contributed by atoms with E-state index >= 15 is 0 Å². The minimum absolute atomic E-state index is 0.0810. The summed E-state index contributed by atoms with van der Waals surface area (Å²) >= 11 is 7.11. The minimum atomic E-state index is -3.55. The van der Waals surface area contributed by atoms with Gasteiger partial charge in [0, 0.05) is 29.7 Å². The van der Waals surface area contributed by atoms with Crippen LogP contribution in [0.2, 0.25) is 5.02 Å². The molecule has 0 unspecified atom stereocenters. The van der Waals surface area contributed by atoms with Gasteiger partial charge in [-0.15, -0.1) is 10.2 Å². The molecule has 1 N–H and O–H groups in total. The third kappa shape index (κ3) is 4.54.